The number of amides is 1. The SMILES string of the molecule is Cc1nn(C)c(C(=O)NCC(N2CCNCC2)C(F)(F)F)c1[N+](=O)[O-]. The van der Waals surface area contributed by atoms with Crippen LogP contribution in [-0.4, -0.2) is 70.5 Å². The number of halogens is 3. The number of alkyl halides is 3. The summed E-state index contributed by atoms with van der Waals surface area (Å²) in [6.07, 6.45) is -4.53. The summed E-state index contributed by atoms with van der Waals surface area (Å²) in [5.41, 5.74) is -0.860. The third-order valence-corrected chi connectivity index (χ3v) is 4.01. The van der Waals surface area contributed by atoms with Crippen molar-refractivity contribution in [1.29, 1.82) is 0 Å². The minimum Gasteiger partial charge on any atom is -0.349 e. The van der Waals surface area contributed by atoms with Gasteiger partial charge in [0, 0.05) is 39.8 Å². The van der Waals surface area contributed by atoms with Crippen LogP contribution in [0.3, 0.4) is 0 Å². The maximum absolute atomic E-state index is 13.3. The standard InChI is InChI=1S/C13H19F3N6O3/c1-8-10(22(24)25)11(20(2)19-8)12(23)18-7-9(13(14,15)16)21-5-3-17-4-6-21/h9,17H,3-7H2,1-2H3,(H,18,23). The van der Waals surface area contributed by atoms with Gasteiger partial charge in [0.05, 0.1) is 4.92 Å². The molecule has 1 unspecified atom stereocenters. The molecule has 0 aromatic carbocycles. The lowest BCUT2D eigenvalue weighted by atomic mass is 10.2. The minimum absolute atomic E-state index is 0.0205. The van der Waals surface area contributed by atoms with Crippen LogP contribution in [-0.2, 0) is 7.05 Å². The van der Waals surface area contributed by atoms with Gasteiger partial charge < -0.3 is 10.6 Å². The molecule has 9 nitrogen and oxygen atoms in total. The van der Waals surface area contributed by atoms with E-state index in [-0.39, 0.29) is 24.5 Å². The Hall–Kier alpha value is -2.21. The van der Waals surface area contributed by atoms with Gasteiger partial charge in [-0.05, 0) is 6.92 Å². The molecule has 2 N–H and O–H groups in total. The first kappa shape index (κ1) is 19.1. The highest BCUT2D eigenvalue weighted by atomic mass is 19.4. The molecule has 1 saturated heterocycles. The summed E-state index contributed by atoms with van der Waals surface area (Å²) >= 11 is 0. The number of carbonyl (C=O) groups excluding carboxylic acids is 1. The number of nitro groups is 1. The molecule has 1 fully saturated rings. The summed E-state index contributed by atoms with van der Waals surface area (Å²) in [4.78, 5) is 23.8. The summed E-state index contributed by atoms with van der Waals surface area (Å²) in [5.74, 6) is -0.959. The third-order valence-electron chi connectivity index (χ3n) is 4.01. The van der Waals surface area contributed by atoms with Crippen molar-refractivity contribution >= 4 is 11.6 Å². The molecule has 1 aromatic rings. The van der Waals surface area contributed by atoms with E-state index in [2.05, 4.69) is 15.7 Å². The van der Waals surface area contributed by atoms with Gasteiger partial charge in [0.1, 0.15) is 11.7 Å². The van der Waals surface area contributed by atoms with E-state index in [9.17, 15) is 28.1 Å². The fraction of sp³-hybridized carbons (Fsp3) is 0.692. The summed E-state index contributed by atoms with van der Waals surface area (Å²) in [6, 6.07) is -1.85. The van der Waals surface area contributed by atoms with Crippen LogP contribution < -0.4 is 10.6 Å². The monoisotopic (exact) mass is 364 g/mol. The molecule has 1 atom stereocenters. The molecule has 0 radical (unpaired) electrons. The number of piperazine rings is 1. The average Bonchev–Trinajstić information content (AvgIpc) is 2.81. The second-order valence-corrected chi connectivity index (χ2v) is 5.72. The number of aromatic nitrogens is 2. The number of nitrogens with one attached hydrogen (secondary N) is 2. The number of aryl methyl sites for hydroxylation is 2. The molecular weight excluding hydrogens is 345 g/mol. The van der Waals surface area contributed by atoms with Crippen molar-refractivity contribution < 1.29 is 22.9 Å². The minimum atomic E-state index is -4.53. The first-order valence-corrected chi connectivity index (χ1v) is 7.60. The molecule has 0 bridgehead atoms. The fourth-order valence-electron chi connectivity index (χ4n) is 2.84. The van der Waals surface area contributed by atoms with Gasteiger partial charge in [-0.3, -0.25) is 24.5 Å². The van der Waals surface area contributed by atoms with Crippen molar-refractivity contribution in [2.75, 3.05) is 32.7 Å². The van der Waals surface area contributed by atoms with Gasteiger partial charge >= 0.3 is 11.9 Å². The van der Waals surface area contributed by atoms with Crippen molar-refractivity contribution in [3.05, 3.63) is 21.5 Å². The molecule has 1 amide bonds. The van der Waals surface area contributed by atoms with Crippen LogP contribution in [0.4, 0.5) is 18.9 Å². The van der Waals surface area contributed by atoms with Crippen molar-refractivity contribution in [2.45, 2.75) is 19.1 Å². The number of hydrogen-bond donors (Lipinski definition) is 2. The number of carbonyl (C=O) groups is 1. The summed E-state index contributed by atoms with van der Waals surface area (Å²) in [6.45, 7) is 1.91. The van der Waals surface area contributed by atoms with E-state index in [1.165, 1.54) is 18.9 Å². The molecule has 1 aromatic heterocycles. The van der Waals surface area contributed by atoms with E-state index in [0.29, 0.717) is 13.1 Å². The van der Waals surface area contributed by atoms with Crippen molar-refractivity contribution in [3.8, 4) is 0 Å². The molecule has 140 valence electrons. The Morgan fingerprint density at radius 2 is 2.04 bits per heavy atom. The van der Waals surface area contributed by atoms with Crippen LogP contribution in [0.5, 0.6) is 0 Å². The molecule has 0 aliphatic carbocycles. The second-order valence-electron chi connectivity index (χ2n) is 5.72. The highest BCUT2D eigenvalue weighted by molar-refractivity contribution is 5.96. The number of nitrogens with zero attached hydrogens (tertiary/aromatic N) is 4. The van der Waals surface area contributed by atoms with Crippen molar-refractivity contribution in [3.63, 3.8) is 0 Å². The van der Waals surface area contributed by atoms with Crippen LogP contribution in [0, 0.1) is 17.0 Å². The van der Waals surface area contributed by atoms with E-state index >= 15 is 0 Å². The van der Waals surface area contributed by atoms with Crippen LogP contribution >= 0.6 is 0 Å². The molecule has 0 saturated carbocycles. The van der Waals surface area contributed by atoms with Gasteiger partial charge in [-0.1, -0.05) is 0 Å². The number of hydrogen-bond acceptors (Lipinski definition) is 6. The maximum Gasteiger partial charge on any atom is 0.405 e. The smallest absolute Gasteiger partial charge is 0.349 e. The van der Waals surface area contributed by atoms with E-state index in [0.717, 1.165) is 4.68 Å². The Labute approximate surface area is 141 Å². The second kappa shape index (κ2) is 7.35. The average molecular weight is 364 g/mol. The van der Waals surface area contributed by atoms with Gasteiger partial charge in [-0.25, -0.2) is 0 Å². The molecule has 1 aliphatic rings. The van der Waals surface area contributed by atoms with Crippen LogP contribution in [0.1, 0.15) is 16.2 Å². The van der Waals surface area contributed by atoms with Gasteiger partial charge in [0.25, 0.3) is 5.91 Å². The molecule has 0 spiro atoms. The zero-order valence-electron chi connectivity index (χ0n) is 13.8. The normalized spacial score (nSPS) is 17.3. The fourth-order valence-corrected chi connectivity index (χ4v) is 2.84. The molecule has 1 aliphatic heterocycles. The Bertz CT molecular complexity index is 654. The predicted molar refractivity (Wildman–Crippen MR) is 81.2 cm³/mol. The van der Waals surface area contributed by atoms with Crippen molar-refractivity contribution in [1.82, 2.24) is 25.3 Å². The van der Waals surface area contributed by atoms with E-state index < -0.39 is 35.3 Å². The van der Waals surface area contributed by atoms with Gasteiger partial charge in [0.15, 0.2) is 0 Å². The summed E-state index contributed by atoms with van der Waals surface area (Å²) in [7, 11) is 1.33. The maximum atomic E-state index is 13.3. The quantitative estimate of drug-likeness (QED) is 0.571. The lowest BCUT2D eigenvalue weighted by Gasteiger charge is -2.35. The van der Waals surface area contributed by atoms with E-state index in [1.54, 1.807) is 0 Å². The molecule has 2 rings (SSSR count). The van der Waals surface area contributed by atoms with Gasteiger partial charge in [-0.15, -0.1) is 0 Å². The Balaban J connectivity index is 2.15. The Kier molecular flexibility index (Phi) is 5.62. The summed E-state index contributed by atoms with van der Waals surface area (Å²) < 4.78 is 40.9. The molecule has 25 heavy (non-hydrogen) atoms. The van der Waals surface area contributed by atoms with Crippen LogP contribution in [0.25, 0.3) is 0 Å². The Morgan fingerprint density at radius 3 is 2.56 bits per heavy atom. The molecule has 12 heteroatoms. The lowest BCUT2D eigenvalue weighted by molar-refractivity contribution is -0.385. The zero-order chi connectivity index (χ0) is 18.8. The summed E-state index contributed by atoms with van der Waals surface area (Å²) in [5, 5.41) is 20.0. The van der Waals surface area contributed by atoms with Crippen LogP contribution in [0.2, 0.25) is 0 Å². The first-order valence-electron chi connectivity index (χ1n) is 7.60. The van der Waals surface area contributed by atoms with Gasteiger partial charge in [0.2, 0.25) is 5.69 Å². The Morgan fingerprint density at radius 1 is 1.44 bits per heavy atom. The van der Waals surface area contributed by atoms with Crippen molar-refractivity contribution in [2.24, 2.45) is 7.05 Å². The highest BCUT2D eigenvalue weighted by Gasteiger charge is 2.44. The molecule has 2 heterocycles. The largest absolute Gasteiger partial charge is 0.405 e. The first-order chi connectivity index (χ1) is 11.6. The third kappa shape index (κ3) is 4.25. The topological polar surface area (TPSA) is 105 Å². The number of rotatable bonds is 5. The molecular formula is C13H19F3N6O3. The van der Waals surface area contributed by atoms with E-state index in [4.69, 9.17) is 0 Å². The highest BCUT2D eigenvalue weighted by Crippen LogP contribution is 2.26. The zero-order valence-corrected chi connectivity index (χ0v) is 13.8. The van der Waals surface area contributed by atoms with Gasteiger partial charge in [-0.2, -0.15) is 18.3 Å². The van der Waals surface area contributed by atoms with E-state index in [1.807, 2.05) is 0 Å². The van der Waals surface area contributed by atoms with Crippen LogP contribution in [0.15, 0.2) is 0 Å². The lowest BCUT2D eigenvalue weighted by Crippen LogP contribution is -2.57. The predicted octanol–water partition coefficient (Wildman–Crippen LogP) is 0.203.